The molecule has 7 heteroatoms. The number of carbonyl (C=O) groups excluding carboxylic acids is 2. The number of rotatable bonds is 3. The van der Waals surface area contributed by atoms with Gasteiger partial charge in [-0.15, -0.1) is 0 Å². The van der Waals surface area contributed by atoms with Gasteiger partial charge in [0.2, 0.25) is 0 Å². The van der Waals surface area contributed by atoms with Gasteiger partial charge in [0.15, 0.2) is 0 Å². The van der Waals surface area contributed by atoms with Crippen LogP contribution in [0.15, 0.2) is 18.2 Å². The highest BCUT2D eigenvalue weighted by molar-refractivity contribution is 6.36. The number of amides is 2. The first-order chi connectivity index (χ1) is 10.5. The topological polar surface area (TPSA) is 58.6 Å². The summed E-state index contributed by atoms with van der Waals surface area (Å²) >= 11 is 11.9. The van der Waals surface area contributed by atoms with Crippen LogP contribution in [0.2, 0.25) is 10.0 Å². The van der Waals surface area contributed by atoms with Crippen molar-refractivity contribution >= 4 is 40.9 Å². The van der Waals surface area contributed by atoms with Gasteiger partial charge in [0.1, 0.15) is 0 Å². The van der Waals surface area contributed by atoms with Crippen molar-refractivity contribution in [1.82, 2.24) is 4.90 Å². The Bertz CT molecular complexity index is 558. The molecule has 1 aliphatic heterocycles. The number of nitrogens with one attached hydrogen (secondary N) is 1. The minimum absolute atomic E-state index is 0.122. The Hall–Kier alpha value is -1.46. The lowest BCUT2D eigenvalue weighted by Gasteiger charge is -2.31. The summed E-state index contributed by atoms with van der Waals surface area (Å²) in [7, 11) is 0. The van der Waals surface area contributed by atoms with E-state index in [9.17, 15) is 9.59 Å². The van der Waals surface area contributed by atoms with E-state index in [0.717, 1.165) is 0 Å². The van der Waals surface area contributed by atoms with E-state index in [1.165, 1.54) is 0 Å². The van der Waals surface area contributed by atoms with Crippen LogP contribution in [0, 0.1) is 5.92 Å². The fraction of sp³-hybridized carbons (Fsp3) is 0.467. The predicted molar refractivity (Wildman–Crippen MR) is 86.4 cm³/mol. The Labute approximate surface area is 139 Å². The number of piperidine rings is 1. The van der Waals surface area contributed by atoms with E-state index in [2.05, 4.69) is 5.32 Å². The highest BCUT2D eigenvalue weighted by Crippen LogP contribution is 2.26. The minimum atomic E-state index is -0.230. The average molecular weight is 345 g/mol. The van der Waals surface area contributed by atoms with E-state index in [4.69, 9.17) is 27.9 Å². The molecule has 0 saturated carbocycles. The molecule has 120 valence electrons. The molecule has 0 unspecified atom stereocenters. The number of nitrogens with zero attached hydrogens (tertiary/aromatic N) is 1. The van der Waals surface area contributed by atoms with Crippen LogP contribution in [0.4, 0.5) is 10.5 Å². The molecule has 1 aromatic rings. The van der Waals surface area contributed by atoms with Crippen molar-refractivity contribution in [1.29, 1.82) is 0 Å². The quantitative estimate of drug-likeness (QED) is 0.848. The lowest BCUT2D eigenvalue weighted by molar-refractivity contribution is -0.149. The molecule has 2 amide bonds. The zero-order valence-electron chi connectivity index (χ0n) is 12.3. The summed E-state index contributed by atoms with van der Waals surface area (Å²) in [5.41, 5.74) is 0.517. The fourth-order valence-corrected chi connectivity index (χ4v) is 2.82. The standard InChI is InChI=1S/C15H18Cl2N2O3/c1-2-22-14(20)10-5-7-19(8-6-10)15(21)18-13-4-3-11(16)9-12(13)17/h3-4,9-10H,2,5-8H2,1H3,(H,18,21). The third kappa shape index (κ3) is 4.27. The average Bonchev–Trinajstić information content (AvgIpc) is 2.50. The number of anilines is 1. The summed E-state index contributed by atoms with van der Waals surface area (Å²) < 4.78 is 5.01. The molecule has 2 rings (SSSR count). The second-order valence-corrected chi connectivity index (χ2v) is 5.91. The van der Waals surface area contributed by atoms with Crippen LogP contribution in [0.25, 0.3) is 0 Å². The van der Waals surface area contributed by atoms with Crippen LogP contribution < -0.4 is 5.32 Å². The van der Waals surface area contributed by atoms with Crippen molar-refractivity contribution in [2.75, 3.05) is 25.0 Å². The van der Waals surface area contributed by atoms with Crippen molar-refractivity contribution in [2.45, 2.75) is 19.8 Å². The van der Waals surface area contributed by atoms with Gasteiger partial charge in [-0.1, -0.05) is 23.2 Å². The zero-order valence-corrected chi connectivity index (χ0v) is 13.8. The van der Waals surface area contributed by atoms with E-state index in [1.807, 2.05) is 0 Å². The Balaban J connectivity index is 1.88. The van der Waals surface area contributed by atoms with Crippen molar-refractivity contribution in [2.24, 2.45) is 5.92 Å². The number of urea groups is 1. The maximum atomic E-state index is 12.2. The summed E-state index contributed by atoms with van der Waals surface area (Å²) in [5, 5.41) is 3.66. The number of ether oxygens (including phenoxy) is 1. The van der Waals surface area contributed by atoms with Gasteiger partial charge in [0.05, 0.1) is 23.2 Å². The molecule has 0 spiro atoms. The third-order valence-corrected chi connectivity index (χ3v) is 4.12. The molecule has 1 saturated heterocycles. The van der Waals surface area contributed by atoms with Gasteiger partial charge in [0.25, 0.3) is 0 Å². The van der Waals surface area contributed by atoms with Gasteiger partial charge in [-0.25, -0.2) is 4.79 Å². The van der Waals surface area contributed by atoms with Gasteiger partial charge in [-0.3, -0.25) is 4.79 Å². The molecule has 0 atom stereocenters. The molecular weight excluding hydrogens is 327 g/mol. The molecule has 1 N–H and O–H groups in total. The van der Waals surface area contributed by atoms with Crippen molar-refractivity contribution in [3.8, 4) is 0 Å². The summed E-state index contributed by atoms with van der Waals surface area (Å²) in [6.45, 7) is 3.20. The molecule has 1 aromatic carbocycles. The second-order valence-electron chi connectivity index (χ2n) is 5.07. The number of likely N-dealkylation sites (tertiary alicyclic amines) is 1. The SMILES string of the molecule is CCOC(=O)C1CCN(C(=O)Nc2ccc(Cl)cc2Cl)CC1. The zero-order chi connectivity index (χ0) is 16.1. The molecule has 0 aromatic heterocycles. The van der Waals surface area contributed by atoms with E-state index in [0.29, 0.717) is 48.3 Å². The summed E-state index contributed by atoms with van der Waals surface area (Å²) in [4.78, 5) is 25.6. The van der Waals surface area contributed by atoms with E-state index in [1.54, 1.807) is 30.0 Å². The monoisotopic (exact) mass is 344 g/mol. The number of benzene rings is 1. The highest BCUT2D eigenvalue weighted by atomic mass is 35.5. The molecule has 1 fully saturated rings. The highest BCUT2D eigenvalue weighted by Gasteiger charge is 2.28. The Kier molecular flexibility index (Phi) is 5.91. The first-order valence-corrected chi connectivity index (χ1v) is 7.94. The van der Waals surface area contributed by atoms with Crippen LogP contribution in [-0.4, -0.2) is 36.6 Å². The fourth-order valence-electron chi connectivity index (χ4n) is 2.36. The third-order valence-electron chi connectivity index (χ3n) is 3.57. The number of hydrogen-bond acceptors (Lipinski definition) is 3. The molecular formula is C15H18Cl2N2O3. The molecule has 1 heterocycles. The van der Waals surface area contributed by atoms with E-state index < -0.39 is 0 Å². The lowest BCUT2D eigenvalue weighted by atomic mass is 9.97. The number of hydrogen-bond donors (Lipinski definition) is 1. The first kappa shape index (κ1) is 16.9. The summed E-state index contributed by atoms with van der Waals surface area (Å²) in [6, 6.07) is 4.67. The molecule has 5 nitrogen and oxygen atoms in total. The molecule has 0 aliphatic carbocycles. The lowest BCUT2D eigenvalue weighted by Crippen LogP contribution is -2.42. The van der Waals surface area contributed by atoms with Crippen LogP contribution in [-0.2, 0) is 9.53 Å². The number of esters is 1. The Morgan fingerprint density at radius 3 is 2.59 bits per heavy atom. The second kappa shape index (κ2) is 7.70. The van der Waals surface area contributed by atoms with Gasteiger partial charge in [-0.05, 0) is 38.0 Å². The maximum Gasteiger partial charge on any atom is 0.321 e. The first-order valence-electron chi connectivity index (χ1n) is 7.19. The largest absolute Gasteiger partial charge is 0.466 e. The Morgan fingerprint density at radius 2 is 2.00 bits per heavy atom. The van der Waals surface area contributed by atoms with Crippen molar-refractivity contribution < 1.29 is 14.3 Å². The molecule has 1 aliphatic rings. The van der Waals surface area contributed by atoms with Crippen LogP contribution >= 0.6 is 23.2 Å². The van der Waals surface area contributed by atoms with Gasteiger partial charge in [0, 0.05) is 18.1 Å². The summed E-state index contributed by atoms with van der Waals surface area (Å²) in [6.07, 6.45) is 1.22. The van der Waals surface area contributed by atoms with Crippen LogP contribution in [0.3, 0.4) is 0 Å². The maximum absolute atomic E-state index is 12.2. The van der Waals surface area contributed by atoms with Crippen LogP contribution in [0.5, 0.6) is 0 Å². The van der Waals surface area contributed by atoms with E-state index >= 15 is 0 Å². The smallest absolute Gasteiger partial charge is 0.321 e. The van der Waals surface area contributed by atoms with Gasteiger partial charge in [-0.2, -0.15) is 0 Å². The van der Waals surface area contributed by atoms with Crippen molar-refractivity contribution in [3.63, 3.8) is 0 Å². The molecule has 0 radical (unpaired) electrons. The van der Waals surface area contributed by atoms with Crippen LogP contribution in [0.1, 0.15) is 19.8 Å². The molecule has 22 heavy (non-hydrogen) atoms. The number of halogens is 2. The van der Waals surface area contributed by atoms with Gasteiger partial charge < -0.3 is 15.0 Å². The predicted octanol–water partition coefficient (Wildman–Crippen LogP) is 3.80. The minimum Gasteiger partial charge on any atom is -0.466 e. The Morgan fingerprint density at radius 1 is 1.32 bits per heavy atom. The normalized spacial score (nSPS) is 15.5. The van der Waals surface area contributed by atoms with E-state index in [-0.39, 0.29) is 17.9 Å². The van der Waals surface area contributed by atoms with Crippen molar-refractivity contribution in [3.05, 3.63) is 28.2 Å². The van der Waals surface area contributed by atoms with Gasteiger partial charge >= 0.3 is 12.0 Å². The molecule has 0 bridgehead atoms. The summed E-state index contributed by atoms with van der Waals surface area (Å²) in [5.74, 6) is -0.300. The number of carbonyl (C=O) groups is 2.